The number of rotatable bonds is 6. The zero-order valence-electron chi connectivity index (χ0n) is 12.6. The van der Waals surface area contributed by atoms with Gasteiger partial charge in [0.05, 0.1) is 7.11 Å². The molecule has 0 unspecified atom stereocenters. The molecule has 0 aliphatic heterocycles. The van der Waals surface area contributed by atoms with E-state index in [2.05, 4.69) is 5.32 Å². The van der Waals surface area contributed by atoms with E-state index in [1.807, 2.05) is 6.92 Å². The monoisotopic (exact) mass is 319 g/mol. The summed E-state index contributed by atoms with van der Waals surface area (Å²) < 4.78 is 11.0. The molecule has 0 heterocycles. The number of hydrogen-bond donors (Lipinski definition) is 1. The van der Waals surface area contributed by atoms with Gasteiger partial charge in [0.15, 0.2) is 0 Å². The zero-order valence-corrected chi connectivity index (χ0v) is 13.3. The van der Waals surface area contributed by atoms with Crippen LogP contribution < -0.4 is 14.8 Å². The lowest BCUT2D eigenvalue weighted by atomic mass is 10.1. The second kappa shape index (κ2) is 7.71. The van der Waals surface area contributed by atoms with Crippen molar-refractivity contribution in [3.63, 3.8) is 0 Å². The second-order valence-electron chi connectivity index (χ2n) is 4.63. The van der Waals surface area contributed by atoms with Crippen LogP contribution in [0.4, 0.5) is 0 Å². The van der Waals surface area contributed by atoms with E-state index < -0.39 is 0 Å². The Labute approximate surface area is 135 Å². The quantitative estimate of drug-likeness (QED) is 0.883. The molecule has 5 heteroatoms. The molecule has 0 aromatic heterocycles. The highest BCUT2D eigenvalue weighted by atomic mass is 35.5. The third-order valence-corrected chi connectivity index (χ3v) is 3.34. The molecule has 2 aromatic carbocycles. The largest absolute Gasteiger partial charge is 0.496 e. The maximum Gasteiger partial charge on any atom is 0.251 e. The first-order chi connectivity index (χ1) is 10.6. The maximum absolute atomic E-state index is 11.9. The molecular weight excluding hydrogens is 302 g/mol. The summed E-state index contributed by atoms with van der Waals surface area (Å²) in [6, 6.07) is 12.4. The highest BCUT2D eigenvalue weighted by Gasteiger charge is 2.10. The summed E-state index contributed by atoms with van der Waals surface area (Å²) in [5.74, 6) is 1.27. The molecule has 0 radical (unpaired) electrons. The highest BCUT2D eigenvalue weighted by Crippen LogP contribution is 2.23. The number of nitrogens with one attached hydrogen (secondary N) is 1. The summed E-state index contributed by atoms with van der Waals surface area (Å²) in [6.45, 7) is 2.77. The molecule has 116 valence electrons. The van der Waals surface area contributed by atoms with Crippen molar-refractivity contribution in [1.29, 1.82) is 0 Å². The minimum absolute atomic E-state index is 0.113. The number of halogens is 1. The molecule has 1 amide bonds. The van der Waals surface area contributed by atoms with Gasteiger partial charge >= 0.3 is 0 Å². The summed E-state index contributed by atoms with van der Waals surface area (Å²) in [7, 11) is 1.59. The van der Waals surface area contributed by atoms with E-state index in [1.165, 1.54) is 0 Å². The average molecular weight is 320 g/mol. The number of amides is 1. The Balaban J connectivity index is 2.15. The van der Waals surface area contributed by atoms with E-state index in [0.717, 1.165) is 5.56 Å². The molecule has 0 saturated carbocycles. The normalized spacial score (nSPS) is 10.1. The van der Waals surface area contributed by atoms with Gasteiger partial charge in [-0.3, -0.25) is 4.79 Å². The topological polar surface area (TPSA) is 47.6 Å². The van der Waals surface area contributed by atoms with Crippen molar-refractivity contribution < 1.29 is 14.3 Å². The molecule has 0 aliphatic carbocycles. The lowest BCUT2D eigenvalue weighted by Gasteiger charge is -2.12. The molecule has 0 spiro atoms. The van der Waals surface area contributed by atoms with Crippen LogP contribution in [-0.2, 0) is 6.61 Å². The van der Waals surface area contributed by atoms with Crippen molar-refractivity contribution in [3.05, 3.63) is 58.6 Å². The van der Waals surface area contributed by atoms with Crippen LogP contribution in [0.2, 0.25) is 5.02 Å². The molecule has 0 aliphatic rings. The molecule has 0 atom stereocenters. The van der Waals surface area contributed by atoms with Crippen LogP contribution in [0.25, 0.3) is 0 Å². The van der Waals surface area contributed by atoms with Gasteiger partial charge in [-0.25, -0.2) is 0 Å². The Morgan fingerprint density at radius 2 is 1.91 bits per heavy atom. The summed E-state index contributed by atoms with van der Waals surface area (Å²) in [5, 5.41) is 3.43. The number of methoxy groups -OCH3 is 1. The Morgan fingerprint density at radius 1 is 1.18 bits per heavy atom. The number of carbonyl (C=O) groups is 1. The second-order valence-corrected chi connectivity index (χ2v) is 5.07. The smallest absolute Gasteiger partial charge is 0.251 e. The lowest BCUT2D eigenvalue weighted by molar-refractivity contribution is 0.0955. The summed E-state index contributed by atoms with van der Waals surface area (Å²) in [5.41, 5.74) is 1.39. The zero-order chi connectivity index (χ0) is 15.9. The van der Waals surface area contributed by atoms with Gasteiger partial charge in [-0.2, -0.15) is 0 Å². The van der Waals surface area contributed by atoms with Gasteiger partial charge in [0.25, 0.3) is 5.91 Å². The number of carbonyl (C=O) groups excluding carboxylic acids is 1. The first-order valence-electron chi connectivity index (χ1n) is 6.97. The third-order valence-electron chi connectivity index (χ3n) is 3.09. The van der Waals surface area contributed by atoms with Crippen LogP contribution in [-0.4, -0.2) is 19.6 Å². The molecule has 0 saturated heterocycles. The molecule has 0 fully saturated rings. The van der Waals surface area contributed by atoms with Gasteiger partial charge in [-0.1, -0.05) is 11.6 Å². The van der Waals surface area contributed by atoms with E-state index >= 15 is 0 Å². The number of hydrogen-bond acceptors (Lipinski definition) is 3. The van der Waals surface area contributed by atoms with Crippen molar-refractivity contribution in [2.45, 2.75) is 13.5 Å². The fourth-order valence-electron chi connectivity index (χ4n) is 1.99. The molecule has 0 bridgehead atoms. The summed E-state index contributed by atoms with van der Waals surface area (Å²) in [4.78, 5) is 11.9. The van der Waals surface area contributed by atoms with Crippen molar-refractivity contribution in [1.82, 2.24) is 5.32 Å². The van der Waals surface area contributed by atoms with Gasteiger partial charge in [-0.15, -0.1) is 0 Å². The van der Waals surface area contributed by atoms with Crippen molar-refractivity contribution >= 4 is 17.5 Å². The van der Waals surface area contributed by atoms with Crippen LogP contribution in [0.3, 0.4) is 0 Å². The molecule has 1 N–H and O–H groups in total. The van der Waals surface area contributed by atoms with E-state index in [0.29, 0.717) is 35.2 Å². The lowest BCUT2D eigenvalue weighted by Crippen LogP contribution is -2.22. The van der Waals surface area contributed by atoms with E-state index in [1.54, 1.807) is 49.6 Å². The van der Waals surface area contributed by atoms with E-state index in [-0.39, 0.29) is 5.91 Å². The van der Waals surface area contributed by atoms with Gasteiger partial charge in [0, 0.05) is 22.7 Å². The minimum Gasteiger partial charge on any atom is -0.496 e. The highest BCUT2D eigenvalue weighted by molar-refractivity contribution is 6.30. The van der Waals surface area contributed by atoms with E-state index in [9.17, 15) is 4.79 Å². The summed E-state index contributed by atoms with van der Waals surface area (Å²) in [6.07, 6.45) is 0. The Kier molecular flexibility index (Phi) is 5.67. The fourth-order valence-corrected chi connectivity index (χ4v) is 2.11. The fraction of sp³-hybridized carbons (Fsp3) is 0.235. The van der Waals surface area contributed by atoms with E-state index in [4.69, 9.17) is 21.1 Å². The van der Waals surface area contributed by atoms with Crippen LogP contribution in [0.15, 0.2) is 42.5 Å². The van der Waals surface area contributed by atoms with Gasteiger partial charge in [-0.05, 0) is 49.4 Å². The standard InChI is InChI=1S/C17H18ClNO3/c1-3-19-17(20)12-4-9-16(21-2)13(10-12)11-22-15-7-5-14(18)6-8-15/h4-10H,3,11H2,1-2H3,(H,19,20). The predicted octanol–water partition coefficient (Wildman–Crippen LogP) is 3.68. The van der Waals surface area contributed by atoms with Gasteiger partial charge in [0.1, 0.15) is 18.1 Å². The first-order valence-corrected chi connectivity index (χ1v) is 7.35. The molecular formula is C17H18ClNO3. The molecule has 4 nitrogen and oxygen atoms in total. The Bertz CT molecular complexity index is 641. The summed E-state index contributed by atoms with van der Waals surface area (Å²) >= 11 is 5.84. The van der Waals surface area contributed by atoms with Gasteiger partial charge in [0.2, 0.25) is 0 Å². The predicted molar refractivity (Wildman–Crippen MR) is 86.8 cm³/mol. The van der Waals surface area contributed by atoms with Crippen LogP contribution in [0.5, 0.6) is 11.5 Å². The van der Waals surface area contributed by atoms with Crippen LogP contribution in [0.1, 0.15) is 22.8 Å². The first kappa shape index (κ1) is 16.2. The number of benzene rings is 2. The number of ether oxygens (including phenoxy) is 2. The SMILES string of the molecule is CCNC(=O)c1ccc(OC)c(COc2ccc(Cl)cc2)c1. The molecule has 2 rings (SSSR count). The van der Waals surface area contributed by atoms with Crippen molar-refractivity contribution in [3.8, 4) is 11.5 Å². The molecule has 22 heavy (non-hydrogen) atoms. The molecule has 2 aromatic rings. The van der Waals surface area contributed by atoms with Crippen LogP contribution in [0, 0.1) is 0 Å². The van der Waals surface area contributed by atoms with Crippen molar-refractivity contribution in [2.75, 3.05) is 13.7 Å². The third kappa shape index (κ3) is 4.15. The Morgan fingerprint density at radius 3 is 2.55 bits per heavy atom. The van der Waals surface area contributed by atoms with Gasteiger partial charge < -0.3 is 14.8 Å². The average Bonchev–Trinajstić information content (AvgIpc) is 2.54. The Hall–Kier alpha value is -2.20. The van der Waals surface area contributed by atoms with Crippen molar-refractivity contribution in [2.24, 2.45) is 0 Å². The minimum atomic E-state index is -0.113. The maximum atomic E-state index is 11.9. The van der Waals surface area contributed by atoms with Crippen LogP contribution >= 0.6 is 11.6 Å².